The standard InChI is InChI=1S/C11H17IN4O2/c12-9-17-6-4-14-5-7-18-11-3-1-2-10(8-11)15-16-13/h1-3,8,14H,4-7,9H2,(H2,13,15). The molecule has 0 aliphatic carbocycles. The third kappa shape index (κ3) is 6.72. The first-order chi connectivity index (χ1) is 8.86. The number of benzene rings is 1. The second kappa shape index (κ2) is 10.0. The molecular weight excluding hydrogens is 347 g/mol. The molecule has 0 bridgehead atoms. The van der Waals surface area contributed by atoms with Crippen LogP contribution in [-0.4, -0.2) is 30.9 Å². The number of alkyl halides is 1. The van der Waals surface area contributed by atoms with Crippen molar-refractivity contribution in [2.24, 2.45) is 16.2 Å². The van der Waals surface area contributed by atoms with Gasteiger partial charge in [0.2, 0.25) is 0 Å². The number of nitrogens with two attached hydrogens (primary N) is 1. The summed E-state index contributed by atoms with van der Waals surface area (Å²) in [5.41, 5.74) is 0.679. The smallest absolute Gasteiger partial charge is 0.121 e. The first-order valence-electron chi connectivity index (χ1n) is 5.55. The van der Waals surface area contributed by atoms with Gasteiger partial charge in [0.15, 0.2) is 0 Å². The molecule has 0 aliphatic rings. The Morgan fingerprint density at radius 1 is 1.28 bits per heavy atom. The van der Waals surface area contributed by atoms with E-state index < -0.39 is 0 Å². The minimum atomic E-state index is 0.591. The SMILES string of the molecule is NN=Nc1cccc(OCCNCCOCI)c1. The Morgan fingerprint density at radius 2 is 2.11 bits per heavy atom. The van der Waals surface area contributed by atoms with Crippen LogP contribution in [0, 0.1) is 0 Å². The van der Waals surface area contributed by atoms with Gasteiger partial charge in [0.1, 0.15) is 12.4 Å². The normalized spacial score (nSPS) is 10.9. The van der Waals surface area contributed by atoms with Crippen LogP contribution in [0.5, 0.6) is 5.75 Å². The molecule has 100 valence electrons. The van der Waals surface area contributed by atoms with Gasteiger partial charge in [0, 0.05) is 19.2 Å². The number of hydrogen-bond acceptors (Lipinski definition) is 5. The summed E-state index contributed by atoms with van der Waals surface area (Å²) in [6.45, 7) is 2.91. The molecule has 1 aromatic carbocycles. The maximum absolute atomic E-state index is 5.55. The molecule has 0 amide bonds. The van der Waals surface area contributed by atoms with Gasteiger partial charge >= 0.3 is 0 Å². The molecule has 6 nitrogen and oxygen atoms in total. The summed E-state index contributed by atoms with van der Waals surface area (Å²) in [5, 5.41) is 10.2. The van der Waals surface area contributed by atoms with Crippen molar-refractivity contribution in [2.45, 2.75) is 0 Å². The van der Waals surface area contributed by atoms with Gasteiger partial charge in [-0.15, -0.1) is 5.11 Å². The monoisotopic (exact) mass is 364 g/mol. The minimum absolute atomic E-state index is 0.591. The number of hydrogen-bond donors (Lipinski definition) is 2. The zero-order chi connectivity index (χ0) is 13.1. The van der Waals surface area contributed by atoms with E-state index in [9.17, 15) is 0 Å². The van der Waals surface area contributed by atoms with Crippen LogP contribution < -0.4 is 15.9 Å². The first kappa shape index (κ1) is 15.1. The van der Waals surface area contributed by atoms with Crippen LogP contribution in [0.3, 0.4) is 0 Å². The molecule has 3 N–H and O–H groups in total. The molecule has 1 aromatic rings. The van der Waals surface area contributed by atoms with Crippen molar-refractivity contribution in [2.75, 3.05) is 30.9 Å². The highest BCUT2D eigenvalue weighted by Crippen LogP contribution is 2.19. The summed E-state index contributed by atoms with van der Waals surface area (Å²) in [5.74, 6) is 5.74. The molecular formula is C11H17IN4O2. The average Bonchev–Trinajstić information content (AvgIpc) is 2.39. The van der Waals surface area contributed by atoms with E-state index in [0.29, 0.717) is 12.3 Å². The van der Waals surface area contributed by atoms with Crippen LogP contribution in [0.1, 0.15) is 0 Å². The van der Waals surface area contributed by atoms with Gasteiger partial charge in [0.25, 0.3) is 0 Å². The molecule has 0 spiro atoms. The Labute approximate surface area is 120 Å². The number of nitrogens with zero attached hydrogens (tertiary/aromatic N) is 2. The summed E-state index contributed by atoms with van der Waals surface area (Å²) in [6, 6.07) is 7.31. The number of rotatable bonds is 9. The fraction of sp³-hybridized carbons (Fsp3) is 0.455. The Hall–Kier alpha value is -0.930. The second-order valence-electron chi connectivity index (χ2n) is 3.33. The van der Waals surface area contributed by atoms with Crippen LogP contribution in [-0.2, 0) is 4.74 Å². The van der Waals surface area contributed by atoms with E-state index in [2.05, 4.69) is 38.2 Å². The van der Waals surface area contributed by atoms with Crippen molar-refractivity contribution in [3.8, 4) is 5.75 Å². The van der Waals surface area contributed by atoms with Gasteiger partial charge < -0.3 is 20.6 Å². The molecule has 0 aliphatic heterocycles. The Morgan fingerprint density at radius 3 is 2.89 bits per heavy atom. The van der Waals surface area contributed by atoms with Crippen LogP contribution in [0.25, 0.3) is 0 Å². The van der Waals surface area contributed by atoms with Crippen LogP contribution in [0.15, 0.2) is 34.6 Å². The van der Waals surface area contributed by atoms with Crippen molar-refractivity contribution in [1.82, 2.24) is 5.32 Å². The van der Waals surface area contributed by atoms with Crippen molar-refractivity contribution < 1.29 is 9.47 Å². The lowest BCUT2D eigenvalue weighted by Crippen LogP contribution is -2.24. The van der Waals surface area contributed by atoms with E-state index in [1.165, 1.54) is 0 Å². The molecule has 0 fully saturated rings. The maximum Gasteiger partial charge on any atom is 0.121 e. The Balaban J connectivity index is 2.17. The molecule has 0 heterocycles. The molecule has 0 aromatic heterocycles. The molecule has 7 heteroatoms. The fourth-order valence-electron chi connectivity index (χ4n) is 1.27. The van der Waals surface area contributed by atoms with Crippen molar-refractivity contribution in [3.63, 3.8) is 0 Å². The number of ether oxygens (including phenoxy) is 2. The molecule has 0 radical (unpaired) electrons. The van der Waals surface area contributed by atoms with Gasteiger partial charge in [-0.25, -0.2) is 0 Å². The first-order valence-corrected chi connectivity index (χ1v) is 7.07. The predicted octanol–water partition coefficient (Wildman–Crippen LogP) is 2.02. The highest BCUT2D eigenvalue weighted by molar-refractivity contribution is 14.1. The lowest BCUT2D eigenvalue weighted by Gasteiger charge is -2.07. The number of nitrogens with one attached hydrogen (secondary N) is 1. The second-order valence-corrected chi connectivity index (χ2v) is 3.95. The Bertz CT molecular complexity index is 363. The summed E-state index contributed by atoms with van der Waals surface area (Å²) < 4.78 is 11.5. The van der Waals surface area contributed by atoms with Crippen molar-refractivity contribution in [1.29, 1.82) is 0 Å². The highest BCUT2D eigenvalue weighted by atomic mass is 127. The van der Waals surface area contributed by atoms with Crippen LogP contribution in [0.4, 0.5) is 5.69 Å². The van der Waals surface area contributed by atoms with Gasteiger partial charge in [0.05, 0.1) is 16.9 Å². The minimum Gasteiger partial charge on any atom is -0.492 e. The predicted molar refractivity (Wildman–Crippen MR) is 78.3 cm³/mol. The molecule has 1 rings (SSSR count). The van der Waals surface area contributed by atoms with Gasteiger partial charge in [-0.3, -0.25) is 0 Å². The summed E-state index contributed by atoms with van der Waals surface area (Å²) >= 11 is 2.17. The lowest BCUT2D eigenvalue weighted by molar-refractivity contribution is 0.189. The fourth-order valence-corrected chi connectivity index (χ4v) is 1.58. The summed E-state index contributed by atoms with van der Waals surface area (Å²) in [7, 11) is 0. The van der Waals surface area contributed by atoms with Crippen LogP contribution in [0.2, 0.25) is 0 Å². The average molecular weight is 364 g/mol. The van der Waals surface area contributed by atoms with E-state index in [1.54, 1.807) is 6.07 Å². The third-order valence-electron chi connectivity index (χ3n) is 2.04. The number of halogens is 1. The van der Waals surface area contributed by atoms with Gasteiger partial charge in [-0.1, -0.05) is 33.9 Å². The van der Waals surface area contributed by atoms with E-state index >= 15 is 0 Å². The van der Waals surface area contributed by atoms with E-state index in [1.807, 2.05) is 18.2 Å². The van der Waals surface area contributed by atoms with E-state index in [4.69, 9.17) is 15.3 Å². The lowest BCUT2D eigenvalue weighted by atomic mass is 10.3. The Kier molecular flexibility index (Phi) is 8.43. The molecule has 0 unspecified atom stereocenters. The van der Waals surface area contributed by atoms with Gasteiger partial charge in [-0.2, -0.15) is 0 Å². The zero-order valence-electron chi connectivity index (χ0n) is 10.0. The van der Waals surface area contributed by atoms with E-state index in [0.717, 1.165) is 30.1 Å². The summed E-state index contributed by atoms with van der Waals surface area (Å²) in [6.07, 6.45) is 0. The quantitative estimate of drug-likeness (QED) is 0.175. The molecule has 18 heavy (non-hydrogen) atoms. The van der Waals surface area contributed by atoms with Crippen molar-refractivity contribution >= 4 is 28.3 Å². The molecule has 0 saturated heterocycles. The van der Waals surface area contributed by atoms with Crippen LogP contribution >= 0.6 is 22.6 Å². The molecule has 0 saturated carbocycles. The highest BCUT2D eigenvalue weighted by Gasteiger charge is 1.96. The van der Waals surface area contributed by atoms with Gasteiger partial charge in [-0.05, 0) is 12.1 Å². The molecule has 0 atom stereocenters. The maximum atomic E-state index is 5.55. The largest absolute Gasteiger partial charge is 0.492 e. The topological polar surface area (TPSA) is 81.2 Å². The zero-order valence-corrected chi connectivity index (χ0v) is 12.2. The third-order valence-corrected chi connectivity index (χ3v) is 2.48. The summed E-state index contributed by atoms with van der Waals surface area (Å²) in [4.78, 5) is 0. The van der Waals surface area contributed by atoms with Crippen molar-refractivity contribution in [3.05, 3.63) is 24.3 Å². The van der Waals surface area contributed by atoms with E-state index in [-0.39, 0.29) is 0 Å².